The zero-order chi connectivity index (χ0) is 13.0. The van der Waals surface area contributed by atoms with Crippen LogP contribution in [0.5, 0.6) is 0 Å². The van der Waals surface area contributed by atoms with Crippen molar-refractivity contribution in [1.29, 1.82) is 0 Å². The number of halogens is 2. The SMILES string of the molecule is CC1(CNC(=O)c2nccnc2N)CCNCC1.Cl.Cl. The van der Waals surface area contributed by atoms with Crippen LogP contribution in [0.3, 0.4) is 0 Å². The molecule has 20 heavy (non-hydrogen) atoms. The molecule has 2 rings (SSSR count). The smallest absolute Gasteiger partial charge is 0.273 e. The van der Waals surface area contributed by atoms with Crippen LogP contribution in [0, 0.1) is 5.41 Å². The Hall–Kier alpha value is -1.11. The van der Waals surface area contributed by atoms with E-state index in [0.717, 1.165) is 25.9 Å². The van der Waals surface area contributed by atoms with Gasteiger partial charge in [-0.05, 0) is 31.3 Å². The summed E-state index contributed by atoms with van der Waals surface area (Å²) in [5.41, 5.74) is 5.97. The topological polar surface area (TPSA) is 92.9 Å². The predicted molar refractivity (Wildman–Crippen MR) is 83.5 cm³/mol. The van der Waals surface area contributed by atoms with Crippen LogP contribution in [-0.4, -0.2) is 35.5 Å². The van der Waals surface area contributed by atoms with E-state index in [1.807, 2.05) is 0 Å². The monoisotopic (exact) mass is 321 g/mol. The van der Waals surface area contributed by atoms with E-state index in [2.05, 4.69) is 27.5 Å². The number of nitrogens with zero attached hydrogens (tertiary/aromatic N) is 2. The standard InChI is InChI=1S/C12H19N5O.2ClH/c1-12(2-4-14-5-3-12)8-17-11(18)9-10(13)16-7-6-15-9;;/h6-7,14H,2-5,8H2,1H3,(H2,13,16)(H,17,18);2*1H. The molecule has 8 heteroatoms. The highest BCUT2D eigenvalue weighted by molar-refractivity contribution is 5.96. The Morgan fingerprint density at radius 2 is 1.95 bits per heavy atom. The van der Waals surface area contributed by atoms with Gasteiger partial charge in [0.25, 0.3) is 5.91 Å². The van der Waals surface area contributed by atoms with Crippen molar-refractivity contribution < 1.29 is 4.79 Å². The maximum Gasteiger partial charge on any atom is 0.273 e. The highest BCUT2D eigenvalue weighted by atomic mass is 35.5. The van der Waals surface area contributed by atoms with E-state index in [-0.39, 0.29) is 47.6 Å². The first-order chi connectivity index (χ1) is 8.61. The lowest BCUT2D eigenvalue weighted by Gasteiger charge is -2.34. The Labute approximate surface area is 131 Å². The molecule has 0 aliphatic carbocycles. The second-order valence-corrected chi connectivity index (χ2v) is 5.03. The Morgan fingerprint density at radius 3 is 2.55 bits per heavy atom. The van der Waals surface area contributed by atoms with Gasteiger partial charge in [-0.25, -0.2) is 9.97 Å². The molecule has 0 saturated carbocycles. The summed E-state index contributed by atoms with van der Waals surface area (Å²) in [5.74, 6) is -0.0779. The largest absolute Gasteiger partial charge is 0.382 e. The lowest BCUT2D eigenvalue weighted by Crippen LogP contribution is -2.43. The van der Waals surface area contributed by atoms with Crippen molar-refractivity contribution in [3.8, 4) is 0 Å². The molecule has 0 radical (unpaired) electrons. The van der Waals surface area contributed by atoms with Crippen molar-refractivity contribution in [2.45, 2.75) is 19.8 Å². The second kappa shape index (κ2) is 8.24. The van der Waals surface area contributed by atoms with Crippen LogP contribution in [0.15, 0.2) is 12.4 Å². The quantitative estimate of drug-likeness (QED) is 0.773. The van der Waals surface area contributed by atoms with Crippen LogP contribution in [0.25, 0.3) is 0 Å². The number of hydrogen-bond donors (Lipinski definition) is 3. The summed E-state index contributed by atoms with van der Waals surface area (Å²) in [6, 6.07) is 0. The van der Waals surface area contributed by atoms with Crippen LogP contribution < -0.4 is 16.4 Å². The lowest BCUT2D eigenvalue weighted by atomic mass is 9.81. The summed E-state index contributed by atoms with van der Waals surface area (Å²) >= 11 is 0. The molecule has 1 aliphatic rings. The van der Waals surface area contributed by atoms with Crippen molar-refractivity contribution in [3.63, 3.8) is 0 Å². The van der Waals surface area contributed by atoms with Crippen molar-refractivity contribution in [1.82, 2.24) is 20.6 Å². The molecule has 1 amide bonds. The molecule has 1 aromatic rings. The fourth-order valence-corrected chi connectivity index (χ4v) is 2.11. The van der Waals surface area contributed by atoms with E-state index < -0.39 is 0 Å². The van der Waals surface area contributed by atoms with Crippen LogP contribution in [0.4, 0.5) is 5.82 Å². The molecular formula is C12H21Cl2N5O. The van der Waals surface area contributed by atoms with Gasteiger partial charge in [0.05, 0.1) is 0 Å². The molecule has 2 heterocycles. The lowest BCUT2D eigenvalue weighted by molar-refractivity contribution is 0.0918. The average molecular weight is 322 g/mol. The van der Waals surface area contributed by atoms with Gasteiger partial charge in [-0.3, -0.25) is 4.79 Å². The number of nitrogen functional groups attached to an aromatic ring is 1. The van der Waals surface area contributed by atoms with Gasteiger partial charge in [-0.15, -0.1) is 24.8 Å². The van der Waals surface area contributed by atoms with Crippen LogP contribution in [0.2, 0.25) is 0 Å². The highest BCUT2D eigenvalue weighted by Crippen LogP contribution is 2.26. The third kappa shape index (κ3) is 4.77. The number of nitrogens with one attached hydrogen (secondary N) is 2. The second-order valence-electron chi connectivity index (χ2n) is 5.03. The normalized spacial score (nSPS) is 16.4. The predicted octanol–water partition coefficient (Wildman–Crippen LogP) is 1.02. The van der Waals surface area contributed by atoms with Gasteiger partial charge in [0, 0.05) is 18.9 Å². The van der Waals surface area contributed by atoms with Gasteiger partial charge in [0.15, 0.2) is 11.5 Å². The zero-order valence-corrected chi connectivity index (χ0v) is 13.0. The fraction of sp³-hybridized carbons (Fsp3) is 0.583. The summed E-state index contributed by atoms with van der Waals surface area (Å²) in [7, 11) is 0. The summed E-state index contributed by atoms with van der Waals surface area (Å²) in [6.45, 7) is 4.83. The summed E-state index contributed by atoms with van der Waals surface area (Å²) < 4.78 is 0. The van der Waals surface area contributed by atoms with E-state index >= 15 is 0 Å². The Kier molecular flexibility index (Phi) is 7.78. The third-order valence-corrected chi connectivity index (χ3v) is 3.43. The van der Waals surface area contributed by atoms with E-state index in [1.54, 1.807) is 0 Å². The van der Waals surface area contributed by atoms with Crippen molar-refractivity contribution in [2.24, 2.45) is 5.41 Å². The first kappa shape index (κ1) is 18.9. The molecule has 114 valence electrons. The van der Waals surface area contributed by atoms with E-state index in [9.17, 15) is 4.79 Å². The molecular weight excluding hydrogens is 301 g/mol. The summed E-state index contributed by atoms with van der Waals surface area (Å²) in [6.07, 6.45) is 5.06. The van der Waals surface area contributed by atoms with Crippen LogP contribution in [0.1, 0.15) is 30.3 Å². The number of carbonyl (C=O) groups is 1. The van der Waals surface area contributed by atoms with Gasteiger partial charge in [0.2, 0.25) is 0 Å². The molecule has 1 aromatic heterocycles. The van der Waals surface area contributed by atoms with Crippen molar-refractivity contribution in [2.75, 3.05) is 25.4 Å². The molecule has 0 bridgehead atoms. The van der Waals surface area contributed by atoms with Crippen LogP contribution in [-0.2, 0) is 0 Å². The van der Waals surface area contributed by atoms with Crippen molar-refractivity contribution >= 4 is 36.5 Å². The Balaban J connectivity index is 0.00000180. The number of carbonyl (C=O) groups excluding carboxylic acids is 1. The third-order valence-electron chi connectivity index (χ3n) is 3.43. The van der Waals surface area contributed by atoms with E-state index in [1.165, 1.54) is 12.4 Å². The van der Waals surface area contributed by atoms with Gasteiger partial charge in [0.1, 0.15) is 0 Å². The minimum absolute atomic E-state index is 0. The van der Waals surface area contributed by atoms with Gasteiger partial charge >= 0.3 is 0 Å². The fourth-order valence-electron chi connectivity index (χ4n) is 2.11. The molecule has 6 nitrogen and oxygen atoms in total. The first-order valence-corrected chi connectivity index (χ1v) is 6.16. The molecule has 0 spiro atoms. The maximum absolute atomic E-state index is 11.9. The van der Waals surface area contributed by atoms with E-state index in [4.69, 9.17) is 5.73 Å². The molecule has 1 saturated heterocycles. The van der Waals surface area contributed by atoms with Crippen LogP contribution >= 0.6 is 24.8 Å². The Morgan fingerprint density at radius 1 is 1.35 bits per heavy atom. The number of amides is 1. The van der Waals surface area contributed by atoms with Gasteiger partial charge in [-0.2, -0.15) is 0 Å². The Bertz CT molecular complexity index is 438. The average Bonchev–Trinajstić information content (AvgIpc) is 2.38. The van der Waals surface area contributed by atoms with Crippen molar-refractivity contribution in [3.05, 3.63) is 18.1 Å². The molecule has 4 N–H and O–H groups in total. The highest BCUT2D eigenvalue weighted by Gasteiger charge is 2.27. The number of nitrogens with two attached hydrogens (primary N) is 1. The maximum atomic E-state index is 11.9. The minimum Gasteiger partial charge on any atom is -0.382 e. The molecule has 1 fully saturated rings. The minimum atomic E-state index is -0.250. The molecule has 0 aromatic carbocycles. The van der Waals surface area contributed by atoms with E-state index in [0.29, 0.717) is 6.54 Å². The number of anilines is 1. The summed E-state index contributed by atoms with van der Waals surface area (Å²) in [4.78, 5) is 19.8. The van der Waals surface area contributed by atoms with Gasteiger partial charge in [-0.1, -0.05) is 6.92 Å². The van der Waals surface area contributed by atoms with Gasteiger partial charge < -0.3 is 16.4 Å². The zero-order valence-electron chi connectivity index (χ0n) is 11.4. The number of aromatic nitrogens is 2. The number of hydrogen-bond acceptors (Lipinski definition) is 5. The summed E-state index contributed by atoms with van der Waals surface area (Å²) in [5, 5.41) is 6.21. The first-order valence-electron chi connectivity index (χ1n) is 6.16. The number of rotatable bonds is 3. The number of piperidine rings is 1. The molecule has 0 unspecified atom stereocenters. The molecule has 0 atom stereocenters. The molecule has 1 aliphatic heterocycles.